The normalized spacial score (nSPS) is 10.2. The van der Waals surface area contributed by atoms with E-state index in [4.69, 9.17) is 4.74 Å². The van der Waals surface area contributed by atoms with Crippen molar-refractivity contribution in [1.29, 1.82) is 0 Å². The number of benzene rings is 2. The van der Waals surface area contributed by atoms with E-state index in [1.165, 1.54) is 11.3 Å². The van der Waals surface area contributed by atoms with Crippen LogP contribution in [-0.2, 0) is 14.3 Å². The minimum absolute atomic E-state index is 0.00503. The number of esters is 1. The number of thiophene rings is 1. The molecule has 0 radical (unpaired) electrons. The van der Waals surface area contributed by atoms with E-state index >= 15 is 0 Å². The lowest BCUT2D eigenvalue weighted by Crippen LogP contribution is -2.27. The summed E-state index contributed by atoms with van der Waals surface area (Å²) >= 11 is 1.42. The minimum atomic E-state index is -0.551. The van der Waals surface area contributed by atoms with Gasteiger partial charge in [0.15, 0.2) is 6.61 Å². The molecule has 0 unspecified atom stereocenters. The van der Waals surface area contributed by atoms with Gasteiger partial charge in [-0.15, -0.1) is 0 Å². The molecule has 0 atom stereocenters. The van der Waals surface area contributed by atoms with Crippen molar-refractivity contribution in [2.24, 2.45) is 0 Å². The highest BCUT2D eigenvalue weighted by atomic mass is 32.1. The zero-order valence-electron chi connectivity index (χ0n) is 15.6. The fourth-order valence-corrected chi connectivity index (χ4v) is 3.20. The van der Waals surface area contributed by atoms with Crippen LogP contribution in [0.1, 0.15) is 16.8 Å². The van der Waals surface area contributed by atoms with E-state index in [2.05, 4.69) is 10.6 Å². The van der Waals surface area contributed by atoms with Gasteiger partial charge in [-0.05, 0) is 34.7 Å². The number of anilines is 1. The second-order valence-electron chi connectivity index (χ2n) is 6.17. The zero-order chi connectivity index (χ0) is 20.5. The summed E-state index contributed by atoms with van der Waals surface area (Å²) in [5.74, 6) is -1.21. The van der Waals surface area contributed by atoms with Crippen molar-refractivity contribution >= 4 is 34.8 Å². The monoisotopic (exact) mass is 408 g/mol. The molecule has 3 rings (SSSR count). The molecule has 0 saturated heterocycles. The van der Waals surface area contributed by atoms with Gasteiger partial charge < -0.3 is 15.4 Å². The van der Waals surface area contributed by atoms with Crippen molar-refractivity contribution < 1.29 is 19.1 Å². The van der Waals surface area contributed by atoms with Crippen molar-refractivity contribution in [3.05, 3.63) is 77.0 Å². The summed E-state index contributed by atoms with van der Waals surface area (Å²) in [6.45, 7) is -0.228. The van der Waals surface area contributed by atoms with Gasteiger partial charge in [0.2, 0.25) is 0 Å². The summed E-state index contributed by atoms with van der Waals surface area (Å²) in [7, 11) is 0. The number of hydrogen-bond acceptors (Lipinski definition) is 5. The maximum Gasteiger partial charge on any atom is 0.308 e. The molecule has 0 bridgehead atoms. The predicted molar refractivity (Wildman–Crippen MR) is 113 cm³/mol. The smallest absolute Gasteiger partial charge is 0.308 e. The molecule has 6 nitrogen and oxygen atoms in total. The van der Waals surface area contributed by atoms with E-state index in [1.807, 2.05) is 42.5 Å². The lowest BCUT2D eigenvalue weighted by Gasteiger charge is -2.08. The van der Waals surface area contributed by atoms with E-state index in [0.717, 1.165) is 11.1 Å². The summed E-state index contributed by atoms with van der Waals surface area (Å²) in [5, 5.41) is 8.84. The third-order valence-corrected chi connectivity index (χ3v) is 4.72. The Kier molecular flexibility index (Phi) is 7.13. The standard InChI is InChI=1S/C22H20N2O4S/c25-20(14-28-21(26)10-12-23-22(27)18-11-13-29-15-18)24-19-8-6-17(7-9-19)16-4-2-1-3-5-16/h1-9,11,13,15H,10,12,14H2,(H,23,27)(H,24,25). The summed E-state index contributed by atoms with van der Waals surface area (Å²) in [6.07, 6.45) is -0.00503. The number of amides is 2. The van der Waals surface area contributed by atoms with Crippen LogP contribution in [0.25, 0.3) is 11.1 Å². The number of nitrogens with one attached hydrogen (secondary N) is 2. The highest BCUT2D eigenvalue weighted by Gasteiger charge is 2.10. The first-order valence-corrected chi connectivity index (χ1v) is 9.97. The van der Waals surface area contributed by atoms with Gasteiger partial charge in [0.1, 0.15) is 0 Å². The van der Waals surface area contributed by atoms with Crippen molar-refractivity contribution in [2.75, 3.05) is 18.5 Å². The summed E-state index contributed by atoms with van der Waals surface area (Å²) < 4.78 is 4.94. The Hall–Kier alpha value is -3.45. The van der Waals surface area contributed by atoms with Gasteiger partial charge in [-0.3, -0.25) is 14.4 Å². The Balaban J connectivity index is 1.37. The van der Waals surface area contributed by atoms with E-state index in [-0.39, 0.29) is 25.5 Å². The summed E-state index contributed by atoms with van der Waals surface area (Å²) in [5.41, 5.74) is 3.31. The molecule has 1 aromatic heterocycles. The van der Waals surface area contributed by atoms with Gasteiger partial charge in [0, 0.05) is 23.2 Å². The van der Waals surface area contributed by atoms with Crippen LogP contribution in [0.5, 0.6) is 0 Å². The SMILES string of the molecule is O=C(COC(=O)CCNC(=O)c1ccsc1)Nc1ccc(-c2ccccc2)cc1. The first kappa shape index (κ1) is 20.3. The van der Waals surface area contributed by atoms with Gasteiger partial charge in [-0.2, -0.15) is 11.3 Å². The molecular weight excluding hydrogens is 388 g/mol. The van der Waals surface area contributed by atoms with Crippen LogP contribution in [-0.4, -0.2) is 30.9 Å². The predicted octanol–water partition coefficient (Wildman–Crippen LogP) is 3.72. The maximum absolute atomic E-state index is 12.0. The number of carbonyl (C=O) groups excluding carboxylic acids is 3. The second-order valence-corrected chi connectivity index (χ2v) is 6.95. The Labute approximate surface area is 172 Å². The third kappa shape index (κ3) is 6.29. The maximum atomic E-state index is 12.0. The number of hydrogen-bond donors (Lipinski definition) is 2. The van der Waals surface area contributed by atoms with E-state index < -0.39 is 11.9 Å². The highest BCUT2D eigenvalue weighted by molar-refractivity contribution is 7.08. The Bertz CT molecular complexity index is 954. The van der Waals surface area contributed by atoms with Crippen molar-refractivity contribution in [2.45, 2.75) is 6.42 Å². The second kappa shape index (κ2) is 10.2. The molecule has 0 spiro atoms. The summed E-state index contributed by atoms with van der Waals surface area (Å²) in [4.78, 5) is 35.4. The van der Waals surface area contributed by atoms with Crippen LogP contribution < -0.4 is 10.6 Å². The molecule has 2 amide bonds. The number of ether oxygens (including phenoxy) is 1. The first-order valence-electron chi connectivity index (χ1n) is 9.03. The molecule has 0 aliphatic heterocycles. The van der Waals surface area contributed by atoms with Gasteiger partial charge in [-0.1, -0.05) is 42.5 Å². The molecule has 0 aliphatic carbocycles. The molecule has 2 aromatic carbocycles. The van der Waals surface area contributed by atoms with Crippen molar-refractivity contribution in [3.63, 3.8) is 0 Å². The third-order valence-electron chi connectivity index (χ3n) is 4.04. The van der Waals surface area contributed by atoms with E-state index in [1.54, 1.807) is 29.0 Å². The van der Waals surface area contributed by atoms with Crippen LogP contribution in [0.2, 0.25) is 0 Å². The topological polar surface area (TPSA) is 84.5 Å². The molecule has 3 aromatic rings. The van der Waals surface area contributed by atoms with Gasteiger partial charge in [-0.25, -0.2) is 0 Å². The lowest BCUT2D eigenvalue weighted by molar-refractivity contribution is -0.147. The molecule has 29 heavy (non-hydrogen) atoms. The number of rotatable bonds is 8. The Morgan fingerprint density at radius 3 is 2.31 bits per heavy atom. The largest absolute Gasteiger partial charge is 0.456 e. The number of carbonyl (C=O) groups is 3. The van der Waals surface area contributed by atoms with Crippen LogP contribution in [0.3, 0.4) is 0 Å². The minimum Gasteiger partial charge on any atom is -0.456 e. The van der Waals surface area contributed by atoms with Gasteiger partial charge >= 0.3 is 5.97 Å². The molecule has 0 aliphatic rings. The molecular formula is C22H20N2O4S. The van der Waals surface area contributed by atoms with Crippen molar-refractivity contribution in [3.8, 4) is 11.1 Å². The highest BCUT2D eigenvalue weighted by Crippen LogP contribution is 2.20. The lowest BCUT2D eigenvalue weighted by atomic mass is 10.1. The average Bonchev–Trinajstić information content (AvgIpc) is 3.28. The van der Waals surface area contributed by atoms with Gasteiger partial charge in [0.25, 0.3) is 11.8 Å². The van der Waals surface area contributed by atoms with Gasteiger partial charge in [0.05, 0.1) is 6.42 Å². The Morgan fingerprint density at radius 2 is 1.62 bits per heavy atom. The fourth-order valence-electron chi connectivity index (χ4n) is 2.57. The molecule has 1 heterocycles. The fraction of sp³-hybridized carbons (Fsp3) is 0.136. The molecule has 7 heteroatoms. The zero-order valence-corrected chi connectivity index (χ0v) is 16.4. The molecule has 2 N–H and O–H groups in total. The molecule has 0 saturated carbocycles. The van der Waals surface area contributed by atoms with E-state index in [0.29, 0.717) is 11.3 Å². The van der Waals surface area contributed by atoms with Crippen LogP contribution in [0, 0.1) is 0 Å². The van der Waals surface area contributed by atoms with Crippen molar-refractivity contribution in [1.82, 2.24) is 5.32 Å². The molecule has 0 fully saturated rings. The first-order chi connectivity index (χ1) is 14.1. The van der Waals surface area contributed by atoms with Crippen LogP contribution >= 0.6 is 11.3 Å². The van der Waals surface area contributed by atoms with Crippen LogP contribution in [0.15, 0.2) is 71.4 Å². The molecule has 148 valence electrons. The van der Waals surface area contributed by atoms with E-state index in [9.17, 15) is 14.4 Å². The Morgan fingerprint density at radius 1 is 0.897 bits per heavy atom. The van der Waals surface area contributed by atoms with Crippen LogP contribution in [0.4, 0.5) is 5.69 Å². The summed E-state index contributed by atoms with van der Waals surface area (Å²) in [6, 6.07) is 19.0. The quantitative estimate of drug-likeness (QED) is 0.557. The average molecular weight is 408 g/mol.